The van der Waals surface area contributed by atoms with Crippen LogP contribution in [0.4, 0.5) is 10.5 Å². The van der Waals surface area contributed by atoms with Crippen molar-refractivity contribution in [1.82, 2.24) is 5.32 Å². The van der Waals surface area contributed by atoms with Crippen LogP contribution in [-0.2, 0) is 4.74 Å². The molecule has 2 aromatic rings. The maximum Gasteiger partial charge on any atom is 0.414 e. The number of nitrogens with one attached hydrogen (secondary N) is 1. The van der Waals surface area contributed by atoms with Crippen molar-refractivity contribution in [2.45, 2.75) is 19.0 Å². The maximum atomic E-state index is 11.7. The minimum absolute atomic E-state index is 0.0203. The smallest absolute Gasteiger partial charge is 0.414 e. The van der Waals surface area contributed by atoms with Crippen molar-refractivity contribution in [2.75, 3.05) is 24.7 Å². The summed E-state index contributed by atoms with van der Waals surface area (Å²) in [5, 5.41) is 13.1. The molecule has 2 N–H and O–H groups in total. The minimum atomic E-state index is -0.301. The predicted molar refractivity (Wildman–Crippen MR) is 93.0 cm³/mol. The van der Waals surface area contributed by atoms with Crippen LogP contribution in [0.1, 0.15) is 30.1 Å². The third-order valence-electron chi connectivity index (χ3n) is 4.28. The van der Waals surface area contributed by atoms with E-state index in [9.17, 15) is 9.90 Å². The first-order valence-electron chi connectivity index (χ1n) is 8.15. The number of anilines is 1. The van der Waals surface area contributed by atoms with E-state index >= 15 is 0 Å². The van der Waals surface area contributed by atoms with Crippen molar-refractivity contribution in [3.05, 3.63) is 65.7 Å². The first-order valence-corrected chi connectivity index (χ1v) is 8.15. The van der Waals surface area contributed by atoms with Crippen molar-refractivity contribution in [2.24, 2.45) is 0 Å². The van der Waals surface area contributed by atoms with Crippen molar-refractivity contribution in [3.63, 3.8) is 0 Å². The SMILES string of the molecule is CC(NC(CO)c1ccccc1)c1cccc(N2CCOC2=O)c1. The molecular formula is C19H22N2O3. The number of aliphatic hydroxyl groups is 1. The van der Waals surface area contributed by atoms with Gasteiger partial charge in [-0.25, -0.2) is 4.79 Å². The lowest BCUT2D eigenvalue weighted by Gasteiger charge is -2.23. The molecule has 3 rings (SSSR count). The molecule has 0 radical (unpaired) electrons. The zero-order chi connectivity index (χ0) is 16.9. The van der Waals surface area contributed by atoms with Crippen LogP contribution in [-0.4, -0.2) is 31.0 Å². The largest absolute Gasteiger partial charge is 0.447 e. The Labute approximate surface area is 141 Å². The molecule has 2 aromatic carbocycles. The molecule has 2 atom stereocenters. The molecule has 1 aliphatic heterocycles. The van der Waals surface area contributed by atoms with Gasteiger partial charge >= 0.3 is 6.09 Å². The van der Waals surface area contributed by atoms with Crippen molar-refractivity contribution >= 4 is 11.8 Å². The number of nitrogens with zero attached hydrogens (tertiary/aromatic N) is 1. The molecule has 0 aliphatic carbocycles. The Morgan fingerprint density at radius 2 is 1.92 bits per heavy atom. The molecule has 1 heterocycles. The van der Waals surface area contributed by atoms with Gasteiger partial charge in [0.1, 0.15) is 6.61 Å². The number of ether oxygens (including phenoxy) is 1. The standard InChI is InChI=1S/C19H22N2O3/c1-14(20-18(13-22)15-6-3-2-4-7-15)16-8-5-9-17(12-16)21-10-11-24-19(21)23/h2-9,12,14,18,20,22H,10-11,13H2,1H3. The summed E-state index contributed by atoms with van der Waals surface area (Å²) in [4.78, 5) is 13.4. The molecule has 1 fully saturated rings. The number of hydrogen-bond acceptors (Lipinski definition) is 4. The van der Waals surface area contributed by atoms with Crippen LogP contribution in [0.25, 0.3) is 0 Å². The molecular weight excluding hydrogens is 304 g/mol. The third-order valence-corrected chi connectivity index (χ3v) is 4.28. The van der Waals surface area contributed by atoms with E-state index in [1.165, 1.54) is 0 Å². The van der Waals surface area contributed by atoms with Gasteiger partial charge in [0.15, 0.2) is 0 Å². The first kappa shape index (κ1) is 16.5. The molecule has 0 bridgehead atoms. The Balaban J connectivity index is 1.75. The van der Waals surface area contributed by atoms with Crippen LogP contribution >= 0.6 is 0 Å². The lowest BCUT2D eigenvalue weighted by molar-refractivity contribution is 0.181. The van der Waals surface area contributed by atoms with E-state index in [1.54, 1.807) is 4.90 Å². The van der Waals surface area contributed by atoms with Crippen molar-refractivity contribution in [1.29, 1.82) is 0 Å². The van der Waals surface area contributed by atoms with Crippen molar-refractivity contribution < 1.29 is 14.6 Å². The highest BCUT2D eigenvalue weighted by Gasteiger charge is 2.24. The van der Waals surface area contributed by atoms with E-state index in [2.05, 4.69) is 5.32 Å². The molecule has 0 saturated carbocycles. The Morgan fingerprint density at radius 3 is 2.58 bits per heavy atom. The van der Waals surface area contributed by atoms with E-state index in [0.29, 0.717) is 13.2 Å². The molecule has 1 saturated heterocycles. The van der Waals surface area contributed by atoms with Gasteiger partial charge in [-0.3, -0.25) is 4.90 Å². The normalized spacial score (nSPS) is 16.8. The van der Waals surface area contributed by atoms with Gasteiger partial charge in [-0.2, -0.15) is 0 Å². The van der Waals surface area contributed by atoms with Crippen LogP contribution < -0.4 is 10.2 Å². The summed E-state index contributed by atoms with van der Waals surface area (Å²) < 4.78 is 5.00. The summed E-state index contributed by atoms with van der Waals surface area (Å²) in [6, 6.07) is 17.6. The summed E-state index contributed by atoms with van der Waals surface area (Å²) in [6.07, 6.45) is -0.301. The van der Waals surface area contributed by atoms with Gasteiger partial charge in [-0.15, -0.1) is 0 Å². The summed E-state index contributed by atoms with van der Waals surface area (Å²) >= 11 is 0. The molecule has 0 aromatic heterocycles. The molecule has 0 spiro atoms. The number of amides is 1. The van der Waals surface area contributed by atoms with E-state index in [0.717, 1.165) is 16.8 Å². The Bertz CT molecular complexity index is 690. The van der Waals surface area contributed by atoms with Gasteiger partial charge in [0.2, 0.25) is 0 Å². The average Bonchev–Trinajstić information content (AvgIpc) is 3.06. The Kier molecular flexibility index (Phi) is 5.13. The van der Waals surface area contributed by atoms with Crippen LogP contribution in [0, 0.1) is 0 Å². The fourth-order valence-electron chi connectivity index (χ4n) is 2.93. The highest BCUT2D eigenvalue weighted by molar-refractivity contribution is 5.89. The topological polar surface area (TPSA) is 61.8 Å². The zero-order valence-electron chi connectivity index (χ0n) is 13.7. The zero-order valence-corrected chi connectivity index (χ0v) is 13.7. The molecule has 5 nitrogen and oxygen atoms in total. The number of rotatable bonds is 6. The third kappa shape index (κ3) is 3.58. The van der Waals surface area contributed by atoms with Gasteiger partial charge in [0.25, 0.3) is 0 Å². The van der Waals surface area contributed by atoms with Gasteiger partial charge in [-0.05, 0) is 30.2 Å². The van der Waals surface area contributed by atoms with Gasteiger partial charge in [0.05, 0.1) is 19.2 Å². The number of aliphatic hydroxyl groups excluding tert-OH is 1. The van der Waals surface area contributed by atoms with E-state index in [-0.39, 0.29) is 24.8 Å². The summed E-state index contributed by atoms with van der Waals surface area (Å²) in [5.41, 5.74) is 2.94. The van der Waals surface area contributed by atoms with E-state index in [4.69, 9.17) is 4.74 Å². The monoisotopic (exact) mass is 326 g/mol. The number of carbonyl (C=O) groups excluding carboxylic acids is 1. The number of benzene rings is 2. The van der Waals surface area contributed by atoms with Gasteiger partial charge < -0.3 is 15.2 Å². The average molecular weight is 326 g/mol. The number of cyclic esters (lactones) is 1. The highest BCUT2D eigenvalue weighted by atomic mass is 16.6. The first-order chi connectivity index (χ1) is 11.7. The predicted octanol–water partition coefficient (Wildman–Crippen LogP) is 3.03. The van der Waals surface area contributed by atoms with Crippen LogP contribution in [0.5, 0.6) is 0 Å². The second kappa shape index (κ2) is 7.47. The molecule has 1 amide bonds. The molecule has 24 heavy (non-hydrogen) atoms. The summed E-state index contributed by atoms with van der Waals surface area (Å²) in [5.74, 6) is 0. The molecule has 1 aliphatic rings. The summed E-state index contributed by atoms with van der Waals surface area (Å²) in [6.45, 7) is 3.07. The minimum Gasteiger partial charge on any atom is -0.447 e. The van der Waals surface area contributed by atoms with Crippen LogP contribution in [0.2, 0.25) is 0 Å². The second-order valence-electron chi connectivity index (χ2n) is 5.90. The molecule has 126 valence electrons. The number of carbonyl (C=O) groups is 1. The van der Waals surface area contributed by atoms with Gasteiger partial charge in [0, 0.05) is 11.7 Å². The second-order valence-corrected chi connectivity index (χ2v) is 5.90. The van der Waals surface area contributed by atoms with Crippen LogP contribution in [0.15, 0.2) is 54.6 Å². The Hall–Kier alpha value is -2.37. The molecule has 5 heteroatoms. The van der Waals surface area contributed by atoms with Crippen LogP contribution in [0.3, 0.4) is 0 Å². The molecule has 2 unspecified atom stereocenters. The van der Waals surface area contributed by atoms with E-state index in [1.807, 2.05) is 61.5 Å². The lowest BCUT2D eigenvalue weighted by Crippen LogP contribution is -2.28. The fraction of sp³-hybridized carbons (Fsp3) is 0.316. The highest BCUT2D eigenvalue weighted by Crippen LogP contribution is 2.25. The lowest BCUT2D eigenvalue weighted by atomic mass is 10.0. The van der Waals surface area contributed by atoms with E-state index < -0.39 is 0 Å². The van der Waals surface area contributed by atoms with Crippen molar-refractivity contribution in [3.8, 4) is 0 Å². The number of hydrogen-bond donors (Lipinski definition) is 2. The quantitative estimate of drug-likeness (QED) is 0.856. The Morgan fingerprint density at radius 1 is 1.17 bits per heavy atom. The van der Waals surface area contributed by atoms with Gasteiger partial charge in [-0.1, -0.05) is 42.5 Å². The maximum absolute atomic E-state index is 11.7. The summed E-state index contributed by atoms with van der Waals surface area (Å²) in [7, 11) is 0. The fourth-order valence-corrected chi connectivity index (χ4v) is 2.93.